The highest BCUT2D eigenvalue weighted by Gasteiger charge is 2.18. The highest BCUT2D eigenvalue weighted by molar-refractivity contribution is 6.58. The molecule has 2 heterocycles. The fourth-order valence-corrected chi connectivity index (χ4v) is 1.76. The number of nitrogens with zero attached hydrogens (tertiary/aromatic N) is 2. The Labute approximate surface area is 87.5 Å². The molecule has 0 amide bonds. The number of hydrogen-bond acceptors (Lipinski definition) is 4. The highest BCUT2D eigenvalue weighted by Crippen LogP contribution is 2.16. The fourth-order valence-electron chi connectivity index (χ4n) is 1.76. The Kier molecular flexibility index (Phi) is 2.88. The molecular formula is C9H12BFN2O2. The van der Waals surface area contributed by atoms with E-state index in [0.29, 0.717) is 5.82 Å². The molecule has 0 aromatic carbocycles. The van der Waals surface area contributed by atoms with Crippen molar-refractivity contribution in [3.8, 4) is 0 Å². The van der Waals surface area contributed by atoms with Crippen LogP contribution in [0.4, 0.5) is 10.2 Å². The predicted molar refractivity (Wildman–Crippen MR) is 55.5 cm³/mol. The SMILES string of the molecule is OB(O)c1cc(F)nc(N2CCCC2)c1. The zero-order valence-electron chi connectivity index (χ0n) is 8.23. The van der Waals surface area contributed by atoms with Gasteiger partial charge in [-0.2, -0.15) is 4.39 Å². The number of anilines is 1. The molecule has 0 radical (unpaired) electrons. The quantitative estimate of drug-likeness (QED) is 0.510. The van der Waals surface area contributed by atoms with E-state index in [2.05, 4.69) is 4.98 Å². The molecule has 1 aliphatic heterocycles. The topological polar surface area (TPSA) is 56.6 Å². The van der Waals surface area contributed by atoms with Crippen LogP contribution < -0.4 is 10.4 Å². The summed E-state index contributed by atoms with van der Waals surface area (Å²) in [5.74, 6) is -0.196. The first-order chi connectivity index (χ1) is 7.16. The number of hydrogen-bond donors (Lipinski definition) is 2. The zero-order chi connectivity index (χ0) is 10.8. The average molecular weight is 210 g/mol. The Morgan fingerprint density at radius 1 is 1.27 bits per heavy atom. The number of rotatable bonds is 2. The average Bonchev–Trinajstić information content (AvgIpc) is 2.69. The van der Waals surface area contributed by atoms with Crippen LogP contribution in [0.5, 0.6) is 0 Å². The maximum Gasteiger partial charge on any atom is 0.488 e. The third-order valence-corrected chi connectivity index (χ3v) is 2.53. The fraction of sp³-hybridized carbons (Fsp3) is 0.444. The first kappa shape index (κ1) is 10.4. The van der Waals surface area contributed by atoms with Crippen LogP contribution in [0, 0.1) is 5.95 Å². The van der Waals surface area contributed by atoms with E-state index in [0.717, 1.165) is 32.0 Å². The van der Waals surface area contributed by atoms with Crippen LogP contribution in [0.3, 0.4) is 0 Å². The van der Waals surface area contributed by atoms with Crippen LogP contribution in [0.15, 0.2) is 12.1 Å². The van der Waals surface area contributed by atoms with Gasteiger partial charge in [-0.15, -0.1) is 0 Å². The van der Waals surface area contributed by atoms with Gasteiger partial charge in [-0.25, -0.2) is 4.98 Å². The second kappa shape index (κ2) is 4.16. The molecule has 0 atom stereocenters. The second-order valence-electron chi connectivity index (χ2n) is 3.65. The standard InChI is InChI=1S/C9H12BFN2O2/c11-8-5-7(10(14)15)6-9(12-8)13-3-1-2-4-13/h5-6,14-15H,1-4H2. The first-order valence-electron chi connectivity index (χ1n) is 4.95. The van der Waals surface area contributed by atoms with Crippen LogP contribution in [0.1, 0.15) is 12.8 Å². The van der Waals surface area contributed by atoms with Crippen molar-refractivity contribution >= 4 is 18.4 Å². The van der Waals surface area contributed by atoms with E-state index in [1.165, 1.54) is 6.07 Å². The Morgan fingerprint density at radius 3 is 2.53 bits per heavy atom. The summed E-state index contributed by atoms with van der Waals surface area (Å²) in [6.45, 7) is 1.69. The Hall–Kier alpha value is -1.14. The highest BCUT2D eigenvalue weighted by atomic mass is 19.1. The zero-order valence-corrected chi connectivity index (χ0v) is 8.23. The van der Waals surface area contributed by atoms with Crippen LogP contribution in [0.2, 0.25) is 0 Å². The molecule has 4 nitrogen and oxygen atoms in total. The molecular weight excluding hydrogens is 198 g/mol. The molecule has 2 N–H and O–H groups in total. The lowest BCUT2D eigenvalue weighted by Crippen LogP contribution is -2.32. The van der Waals surface area contributed by atoms with Gasteiger partial charge in [0.2, 0.25) is 5.95 Å². The Bertz CT molecular complexity index is 356. The summed E-state index contributed by atoms with van der Waals surface area (Å²) in [5.41, 5.74) is 0.143. The van der Waals surface area contributed by atoms with Gasteiger partial charge in [0.1, 0.15) is 5.82 Å². The smallest absolute Gasteiger partial charge is 0.423 e. The lowest BCUT2D eigenvalue weighted by molar-refractivity contribution is 0.425. The van der Waals surface area contributed by atoms with Crippen molar-refractivity contribution in [1.82, 2.24) is 4.98 Å². The van der Waals surface area contributed by atoms with Crippen molar-refractivity contribution in [3.05, 3.63) is 18.1 Å². The van der Waals surface area contributed by atoms with Gasteiger partial charge < -0.3 is 14.9 Å². The molecule has 0 spiro atoms. The van der Waals surface area contributed by atoms with Gasteiger partial charge in [-0.1, -0.05) is 0 Å². The van der Waals surface area contributed by atoms with Gasteiger partial charge in [-0.05, 0) is 30.4 Å². The maximum absolute atomic E-state index is 13.1. The van der Waals surface area contributed by atoms with E-state index >= 15 is 0 Å². The molecule has 1 fully saturated rings. The lowest BCUT2D eigenvalue weighted by Gasteiger charge is -2.16. The van der Waals surface area contributed by atoms with E-state index < -0.39 is 13.1 Å². The van der Waals surface area contributed by atoms with Crippen LogP contribution in [-0.2, 0) is 0 Å². The summed E-state index contributed by atoms with van der Waals surface area (Å²) in [6, 6.07) is 2.54. The van der Waals surface area contributed by atoms with Crippen molar-refractivity contribution in [2.45, 2.75) is 12.8 Å². The van der Waals surface area contributed by atoms with Gasteiger partial charge in [0.05, 0.1) is 0 Å². The van der Waals surface area contributed by atoms with Gasteiger partial charge in [0.25, 0.3) is 0 Å². The minimum absolute atomic E-state index is 0.143. The van der Waals surface area contributed by atoms with Crippen molar-refractivity contribution in [2.24, 2.45) is 0 Å². The minimum Gasteiger partial charge on any atom is -0.423 e. The normalized spacial score (nSPS) is 15.8. The van der Waals surface area contributed by atoms with Gasteiger partial charge >= 0.3 is 7.12 Å². The predicted octanol–water partition coefficient (Wildman–Crippen LogP) is -0.499. The Balaban J connectivity index is 2.30. The van der Waals surface area contributed by atoms with Gasteiger partial charge in [-0.3, -0.25) is 0 Å². The molecule has 2 rings (SSSR count). The molecule has 0 unspecified atom stereocenters. The van der Waals surface area contributed by atoms with Crippen LogP contribution in [0.25, 0.3) is 0 Å². The molecule has 1 aromatic rings. The molecule has 0 saturated carbocycles. The van der Waals surface area contributed by atoms with Crippen molar-refractivity contribution in [1.29, 1.82) is 0 Å². The minimum atomic E-state index is -1.65. The molecule has 6 heteroatoms. The van der Waals surface area contributed by atoms with E-state index in [1.54, 1.807) is 0 Å². The lowest BCUT2D eigenvalue weighted by atomic mass is 9.81. The maximum atomic E-state index is 13.1. The van der Waals surface area contributed by atoms with E-state index in [9.17, 15) is 4.39 Å². The summed E-state index contributed by atoms with van der Waals surface area (Å²) in [5, 5.41) is 17.9. The van der Waals surface area contributed by atoms with Crippen LogP contribution in [-0.4, -0.2) is 35.2 Å². The molecule has 1 saturated heterocycles. The number of aromatic nitrogens is 1. The van der Waals surface area contributed by atoms with Crippen molar-refractivity contribution in [2.75, 3.05) is 18.0 Å². The molecule has 80 valence electrons. The number of halogens is 1. The summed E-state index contributed by atoms with van der Waals surface area (Å²) in [7, 11) is -1.65. The largest absolute Gasteiger partial charge is 0.488 e. The third-order valence-electron chi connectivity index (χ3n) is 2.53. The third kappa shape index (κ3) is 2.27. The van der Waals surface area contributed by atoms with E-state index in [4.69, 9.17) is 10.0 Å². The monoisotopic (exact) mass is 210 g/mol. The van der Waals surface area contributed by atoms with Crippen molar-refractivity contribution in [3.63, 3.8) is 0 Å². The molecule has 1 aliphatic rings. The van der Waals surface area contributed by atoms with Crippen LogP contribution >= 0.6 is 0 Å². The first-order valence-corrected chi connectivity index (χ1v) is 4.95. The summed E-state index contributed by atoms with van der Waals surface area (Å²) >= 11 is 0. The summed E-state index contributed by atoms with van der Waals surface area (Å²) in [4.78, 5) is 5.67. The summed E-state index contributed by atoms with van der Waals surface area (Å²) in [6.07, 6.45) is 2.13. The van der Waals surface area contributed by atoms with E-state index in [-0.39, 0.29) is 5.46 Å². The molecule has 15 heavy (non-hydrogen) atoms. The summed E-state index contributed by atoms with van der Waals surface area (Å²) < 4.78 is 13.1. The molecule has 1 aromatic heterocycles. The second-order valence-corrected chi connectivity index (χ2v) is 3.65. The van der Waals surface area contributed by atoms with Gasteiger partial charge in [0.15, 0.2) is 0 Å². The molecule has 0 aliphatic carbocycles. The Morgan fingerprint density at radius 2 is 1.93 bits per heavy atom. The van der Waals surface area contributed by atoms with Crippen molar-refractivity contribution < 1.29 is 14.4 Å². The number of pyridine rings is 1. The van der Waals surface area contributed by atoms with E-state index in [1.807, 2.05) is 4.90 Å². The van der Waals surface area contributed by atoms with Gasteiger partial charge in [0, 0.05) is 13.1 Å². The molecule has 0 bridgehead atoms.